The molecule has 0 amide bonds. The normalized spacial score (nSPS) is 11.2. The van der Waals surface area contributed by atoms with Gasteiger partial charge in [-0.3, -0.25) is 4.98 Å². The summed E-state index contributed by atoms with van der Waals surface area (Å²) in [6.07, 6.45) is -1.04. The molecule has 2 aromatic rings. The molecule has 1 heterocycles. The molecule has 1 aromatic carbocycles. The van der Waals surface area contributed by atoms with Crippen LogP contribution in [0.5, 0.6) is 11.5 Å². The van der Waals surface area contributed by atoms with Crippen molar-refractivity contribution in [3.8, 4) is 11.5 Å². The summed E-state index contributed by atoms with van der Waals surface area (Å²) in [6, 6.07) is 8.32. The van der Waals surface area contributed by atoms with Crippen molar-refractivity contribution in [1.82, 2.24) is 4.98 Å². The quantitative estimate of drug-likeness (QED) is 0.338. The zero-order valence-corrected chi connectivity index (χ0v) is 15.2. The number of ether oxygens (including phenoxy) is 2. The molecule has 0 aliphatic carbocycles. The standard InChI is InChI=1S/C14H8Cl5NO3/c1-7-9(15)11(10(16)12(20-7)14(17,18)19)23-13(21)22-8-5-3-2-4-6-8/h2-6H,1H3. The van der Waals surface area contributed by atoms with E-state index in [1.54, 1.807) is 37.3 Å². The molecule has 122 valence electrons. The van der Waals surface area contributed by atoms with E-state index in [2.05, 4.69) is 4.98 Å². The van der Waals surface area contributed by atoms with Gasteiger partial charge in [-0.15, -0.1) is 0 Å². The lowest BCUT2D eigenvalue weighted by Crippen LogP contribution is -2.16. The van der Waals surface area contributed by atoms with Crippen LogP contribution in [0.2, 0.25) is 10.0 Å². The number of nitrogens with zero attached hydrogens (tertiary/aromatic N) is 1. The van der Waals surface area contributed by atoms with Crippen molar-refractivity contribution in [2.75, 3.05) is 0 Å². The van der Waals surface area contributed by atoms with Gasteiger partial charge in [0, 0.05) is 0 Å². The lowest BCUT2D eigenvalue weighted by molar-refractivity contribution is 0.152. The molecule has 1 aromatic heterocycles. The lowest BCUT2D eigenvalue weighted by atomic mass is 10.3. The molecule has 0 saturated heterocycles. The Morgan fingerprint density at radius 1 is 1.04 bits per heavy atom. The highest BCUT2D eigenvalue weighted by molar-refractivity contribution is 6.67. The first-order valence-electron chi connectivity index (χ1n) is 6.07. The molecule has 0 fully saturated rings. The second-order valence-electron chi connectivity index (χ2n) is 4.27. The molecule has 0 unspecified atom stereocenters. The number of halogens is 5. The Kier molecular flexibility index (Phi) is 5.87. The molecular formula is C14H8Cl5NO3. The van der Waals surface area contributed by atoms with Crippen LogP contribution >= 0.6 is 58.0 Å². The molecule has 0 aliphatic rings. The Hall–Kier alpha value is -0.910. The maximum Gasteiger partial charge on any atom is 0.519 e. The summed E-state index contributed by atoms with van der Waals surface area (Å²) in [7, 11) is 0. The number of alkyl halides is 3. The maximum atomic E-state index is 11.9. The highest BCUT2D eigenvalue weighted by Crippen LogP contribution is 2.46. The first-order chi connectivity index (χ1) is 10.7. The number of benzene rings is 1. The van der Waals surface area contributed by atoms with E-state index in [1.165, 1.54) is 0 Å². The van der Waals surface area contributed by atoms with Gasteiger partial charge < -0.3 is 9.47 Å². The number of rotatable bonds is 2. The molecule has 0 N–H and O–H groups in total. The summed E-state index contributed by atoms with van der Waals surface area (Å²) in [5.74, 6) is 0.0974. The van der Waals surface area contributed by atoms with E-state index in [0.717, 1.165) is 0 Å². The van der Waals surface area contributed by atoms with Gasteiger partial charge >= 0.3 is 6.16 Å². The molecule has 0 spiro atoms. The van der Waals surface area contributed by atoms with Gasteiger partial charge in [-0.1, -0.05) is 76.2 Å². The fraction of sp³-hybridized carbons (Fsp3) is 0.143. The van der Waals surface area contributed by atoms with Crippen LogP contribution in [0.1, 0.15) is 11.4 Å². The lowest BCUT2D eigenvalue weighted by Gasteiger charge is -2.17. The summed E-state index contributed by atoms with van der Waals surface area (Å²) in [5, 5.41) is -0.177. The number of para-hydroxylation sites is 1. The Morgan fingerprint density at radius 3 is 2.22 bits per heavy atom. The van der Waals surface area contributed by atoms with E-state index < -0.39 is 9.95 Å². The fourth-order valence-electron chi connectivity index (χ4n) is 1.60. The van der Waals surface area contributed by atoms with Gasteiger partial charge in [-0.2, -0.15) is 0 Å². The molecule has 9 heteroatoms. The summed E-state index contributed by atoms with van der Waals surface area (Å²) in [6.45, 7) is 1.55. The van der Waals surface area contributed by atoms with Crippen LogP contribution in [0.4, 0.5) is 4.79 Å². The zero-order chi connectivity index (χ0) is 17.2. The van der Waals surface area contributed by atoms with E-state index in [-0.39, 0.29) is 32.9 Å². The maximum absolute atomic E-state index is 11.9. The van der Waals surface area contributed by atoms with E-state index in [4.69, 9.17) is 67.5 Å². The fourth-order valence-corrected chi connectivity index (χ4v) is 2.70. The Morgan fingerprint density at radius 2 is 1.65 bits per heavy atom. The third-order valence-corrected chi connectivity index (χ3v) is 3.93. The third-order valence-electron chi connectivity index (χ3n) is 2.60. The number of aryl methyl sites for hydroxylation is 1. The molecule has 0 bridgehead atoms. The number of pyridine rings is 1. The topological polar surface area (TPSA) is 48.4 Å². The van der Waals surface area contributed by atoms with Crippen LogP contribution in [0.15, 0.2) is 30.3 Å². The minimum Gasteiger partial charge on any atom is -0.395 e. The Balaban J connectivity index is 2.32. The number of hydrogen-bond donors (Lipinski definition) is 0. The van der Waals surface area contributed by atoms with Gasteiger partial charge in [0.25, 0.3) is 0 Å². The molecule has 0 radical (unpaired) electrons. The molecule has 2 rings (SSSR count). The third kappa shape index (κ3) is 4.55. The number of carbonyl (C=O) groups excluding carboxylic acids is 1. The van der Waals surface area contributed by atoms with Crippen LogP contribution in [0.3, 0.4) is 0 Å². The first kappa shape index (κ1) is 18.4. The van der Waals surface area contributed by atoms with E-state index in [1.807, 2.05) is 0 Å². The van der Waals surface area contributed by atoms with Crippen molar-refractivity contribution in [2.24, 2.45) is 0 Å². The second kappa shape index (κ2) is 7.32. The van der Waals surface area contributed by atoms with Gasteiger partial charge in [-0.25, -0.2) is 4.79 Å². The predicted octanol–water partition coefficient (Wildman–Crippen LogP) is 6.10. The molecule has 0 saturated carbocycles. The largest absolute Gasteiger partial charge is 0.519 e. The van der Waals surface area contributed by atoms with Crippen LogP contribution in [0, 0.1) is 6.92 Å². The van der Waals surface area contributed by atoms with Gasteiger partial charge in [0.2, 0.25) is 3.79 Å². The minimum absolute atomic E-state index is 0.0120. The smallest absolute Gasteiger partial charge is 0.395 e. The van der Waals surface area contributed by atoms with Gasteiger partial charge in [0.05, 0.1) is 5.69 Å². The van der Waals surface area contributed by atoms with Gasteiger partial charge in [0.15, 0.2) is 5.75 Å². The van der Waals surface area contributed by atoms with Gasteiger partial charge in [-0.05, 0) is 19.1 Å². The van der Waals surface area contributed by atoms with Crippen LogP contribution < -0.4 is 9.47 Å². The van der Waals surface area contributed by atoms with E-state index in [0.29, 0.717) is 0 Å². The molecular weight excluding hydrogens is 407 g/mol. The zero-order valence-electron chi connectivity index (χ0n) is 11.4. The summed E-state index contributed by atoms with van der Waals surface area (Å²) < 4.78 is 8.14. The SMILES string of the molecule is Cc1nc(C(Cl)(Cl)Cl)c(Cl)c(OC(=O)Oc2ccccc2)c1Cl. The summed E-state index contributed by atoms with van der Waals surface area (Å²) in [5.41, 5.74) is 0.175. The average Bonchev–Trinajstić information content (AvgIpc) is 2.47. The van der Waals surface area contributed by atoms with Crippen LogP contribution in [-0.4, -0.2) is 11.1 Å². The molecule has 0 aliphatic heterocycles. The van der Waals surface area contributed by atoms with Crippen molar-refractivity contribution < 1.29 is 14.3 Å². The summed E-state index contributed by atoms with van der Waals surface area (Å²) in [4.78, 5) is 15.9. The monoisotopic (exact) mass is 413 g/mol. The van der Waals surface area contributed by atoms with E-state index in [9.17, 15) is 4.79 Å². The second-order valence-corrected chi connectivity index (χ2v) is 7.31. The first-order valence-corrected chi connectivity index (χ1v) is 7.96. The van der Waals surface area contributed by atoms with Crippen LogP contribution in [0.25, 0.3) is 0 Å². The minimum atomic E-state index is -1.91. The van der Waals surface area contributed by atoms with Crippen molar-refractivity contribution in [3.05, 3.63) is 51.8 Å². The molecule has 4 nitrogen and oxygen atoms in total. The van der Waals surface area contributed by atoms with E-state index >= 15 is 0 Å². The average molecular weight is 415 g/mol. The van der Waals surface area contributed by atoms with Crippen molar-refractivity contribution in [2.45, 2.75) is 10.7 Å². The number of hydrogen-bond acceptors (Lipinski definition) is 4. The summed E-state index contributed by atoms with van der Waals surface area (Å²) >= 11 is 29.5. The van der Waals surface area contributed by atoms with Crippen molar-refractivity contribution >= 4 is 64.2 Å². The highest BCUT2D eigenvalue weighted by Gasteiger charge is 2.32. The molecule has 0 atom stereocenters. The Labute approximate surface area is 157 Å². The van der Waals surface area contributed by atoms with Gasteiger partial charge in [0.1, 0.15) is 21.5 Å². The Bertz CT molecular complexity index is 731. The number of aromatic nitrogens is 1. The van der Waals surface area contributed by atoms with Crippen molar-refractivity contribution in [1.29, 1.82) is 0 Å². The predicted molar refractivity (Wildman–Crippen MR) is 91.3 cm³/mol. The highest BCUT2D eigenvalue weighted by atomic mass is 35.6. The van der Waals surface area contributed by atoms with Crippen LogP contribution in [-0.2, 0) is 3.79 Å². The molecule has 23 heavy (non-hydrogen) atoms. The van der Waals surface area contributed by atoms with Crippen molar-refractivity contribution in [3.63, 3.8) is 0 Å². The number of carbonyl (C=O) groups is 1.